The third-order valence-corrected chi connectivity index (χ3v) is 8.16. The summed E-state index contributed by atoms with van der Waals surface area (Å²) in [5, 5.41) is 4.59. The molecule has 0 saturated carbocycles. The van der Waals surface area contributed by atoms with Gasteiger partial charge in [0.05, 0.1) is 53.4 Å². The van der Waals surface area contributed by atoms with E-state index in [0.29, 0.717) is 10.2 Å². The lowest BCUT2D eigenvalue weighted by atomic mass is 9.73. The van der Waals surface area contributed by atoms with Crippen molar-refractivity contribution in [1.29, 1.82) is 0 Å². The lowest BCUT2D eigenvalue weighted by Gasteiger charge is -2.41. The van der Waals surface area contributed by atoms with Crippen molar-refractivity contribution in [1.82, 2.24) is 15.0 Å². The van der Waals surface area contributed by atoms with Gasteiger partial charge in [-0.1, -0.05) is 17.7 Å². The van der Waals surface area contributed by atoms with Crippen molar-refractivity contribution in [2.45, 2.75) is 42.0 Å². The molecule has 33 heavy (non-hydrogen) atoms. The van der Waals surface area contributed by atoms with E-state index in [1.54, 1.807) is 12.4 Å². The lowest BCUT2D eigenvalue weighted by molar-refractivity contribution is 0.0974. The number of halogens is 1. The second kappa shape index (κ2) is 9.46. The monoisotopic (exact) mass is 482 g/mol. The molecular weight excluding hydrogens is 456 g/mol. The van der Waals surface area contributed by atoms with Crippen molar-refractivity contribution >= 4 is 40.4 Å². The minimum Gasteiger partial charge on any atom is -0.376 e. The third kappa shape index (κ3) is 4.66. The maximum Gasteiger partial charge on any atom is 0.192 e. The molecule has 3 N–H and O–H groups in total. The van der Waals surface area contributed by atoms with E-state index in [2.05, 4.69) is 32.1 Å². The van der Waals surface area contributed by atoms with E-state index in [9.17, 15) is 0 Å². The number of hydrogen-bond acceptors (Lipinski definition) is 8. The summed E-state index contributed by atoms with van der Waals surface area (Å²) in [6, 6.07) is 9.81. The highest BCUT2D eigenvalue weighted by Crippen LogP contribution is 2.42. The number of ether oxygens (including phenoxy) is 1. The number of piperidine rings is 1. The molecule has 0 bridgehead atoms. The van der Waals surface area contributed by atoms with Crippen LogP contribution < -0.4 is 16.0 Å². The van der Waals surface area contributed by atoms with Crippen molar-refractivity contribution in [3.8, 4) is 0 Å². The van der Waals surface area contributed by atoms with Crippen LogP contribution in [-0.4, -0.2) is 46.8 Å². The summed E-state index contributed by atoms with van der Waals surface area (Å²) >= 11 is 8.10. The number of nitrogens with two attached hydrogens (primary N) is 1. The van der Waals surface area contributed by atoms with Crippen LogP contribution in [0.3, 0.4) is 0 Å². The normalized spacial score (nSPS) is 22.0. The van der Waals surface area contributed by atoms with Gasteiger partial charge in [0.15, 0.2) is 5.16 Å². The zero-order valence-corrected chi connectivity index (χ0v) is 20.0. The Kier molecular flexibility index (Phi) is 6.42. The fraction of sp³-hybridized carbons (Fsp3) is 0.375. The second-order valence-electron chi connectivity index (χ2n) is 8.70. The maximum atomic E-state index is 6.65. The van der Waals surface area contributed by atoms with Gasteiger partial charge in [-0.05, 0) is 55.8 Å². The average Bonchev–Trinajstić information content (AvgIpc) is 3.12. The van der Waals surface area contributed by atoms with Crippen LogP contribution in [0, 0.1) is 5.41 Å². The Morgan fingerprint density at radius 1 is 1.15 bits per heavy atom. The molecule has 4 heterocycles. The Balaban J connectivity index is 1.23. The summed E-state index contributed by atoms with van der Waals surface area (Å²) in [6.45, 7) is 4.72. The van der Waals surface area contributed by atoms with E-state index in [-0.39, 0.29) is 17.6 Å². The van der Waals surface area contributed by atoms with Crippen molar-refractivity contribution in [3.05, 3.63) is 60.1 Å². The molecule has 0 amide bonds. The smallest absolute Gasteiger partial charge is 0.192 e. The van der Waals surface area contributed by atoms with Crippen LogP contribution in [0.5, 0.6) is 0 Å². The highest BCUT2D eigenvalue weighted by molar-refractivity contribution is 7.99. The summed E-state index contributed by atoms with van der Waals surface area (Å²) in [5.41, 5.74) is 9.28. The molecule has 1 spiro atoms. The fourth-order valence-electron chi connectivity index (χ4n) is 4.59. The highest BCUT2D eigenvalue weighted by atomic mass is 35.5. The van der Waals surface area contributed by atoms with Gasteiger partial charge < -0.3 is 20.7 Å². The van der Waals surface area contributed by atoms with Gasteiger partial charge in [0.25, 0.3) is 0 Å². The predicted octanol–water partition coefficient (Wildman–Crippen LogP) is 4.75. The summed E-state index contributed by atoms with van der Waals surface area (Å²) < 4.78 is 5.83. The fourth-order valence-corrected chi connectivity index (χ4v) is 5.63. The molecule has 3 aromatic rings. The van der Waals surface area contributed by atoms with E-state index < -0.39 is 0 Å². The molecule has 2 aromatic heterocycles. The van der Waals surface area contributed by atoms with Gasteiger partial charge in [-0.15, -0.1) is 0 Å². The number of hydrogen-bond donors (Lipinski definition) is 2. The first-order chi connectivity index (χ1) is 16.0. The minimum atomic E-state index is 0.109. The highest BCUT2D eigenvalue weighted by Gasteiger charge is 2.47. The van der Waals surface area contributed by atoms with Crippen molar-refractivity contribution in [3.63, 3.8) is 0 Å². The summed E-state index contributed by atoms with van der Waals surface area (Å²) in [6.07, 6.45) is 9.48. The molecule has 2 atom stereocenters. The summed E-state index contributed by atoms with van der Waals surface area (Å²) in [5.74, 6) is 0. The molecule has 0 aliphatic carbocycles. The van der Waals surface area contributed by atoms with Gasteiger partial charge in [0, 0.05) is 35.6 Å². The molecule has 7 nitrogen and oxygen atoms in total. The van der Waals surface area contributed by atoms with E-state index in [1.165, 1.54) is 11.8 Å². The van der Waals surface area contributed by atoms with Crippen LogP contribution >= 0.6 is 23.4 Å². The van der Waals surface area contributed by atoms with Gasteiger partial charge in [0.2, 0.25) is 0 Å². The van der Waals surface area contributed by atoms with Crippen LogP contribution in [0.15, 0.2) is 65.2 Å². The van der Waals surface area contributed by atoms with E-state index >= 15 is 0 Å². The van der Waals surface area contributed by atoms with Crippen LogP contribution in [0.25, 0.3) is 0 Å². The first-order valence-corrected chi connectivity index (χ1v) is 12.3. The van der Waals surface area contributed by atoms with Gasteiger partial charge >= 0.3 is 0 Å². The van der Waals surface area contributed by atoms with Crippen molar-refractivity contribution in [2.75, 3.05) is 29.9 Å². The first-order valence-electron chi connectivity index (χ1n) is 11.1. The van der Waals surface area contributed by atoms with Crippen molar-refractivity contribution in [2.24, 2.45) is 11.1 Å². The molecule has 2 fully saturated rings. The Morgan fingerprint density at radius 2 is 1.94 bits per heavy atom. The minimum absolute atomic E-state index is 0.109. The maximum absolute atomic E-state index is 6.65. The predicted molar refractivity (Wildman–Crippen MR) is 132 cm³/mol. The SMILES string of the molecule is C[C@@H]1OCC2(CCN(c3cnc(Sc4cccc(Nc5cccnc5)c4Cl)nc3)CC2)[C@H]1N. The molecule has 1 aromatic carbocycles. The number of aromatic nitrogens is 3. The standard InChI is InChI=1S/C24H27ClN6OS/c1-16-22(26)24(15-32-16)7-10-31(11-8-24)18-13-28-23(29-14-18)33-20-6-2-5-19(21(20)25)30-17-4-3-9-27-12-17/h2-6,9,12-14,16,22,30H,7-8,10-11,15,26H2,1H3/t16-,22-/m0/s1. The molecular formula is C24H27ClN6OS. The average molecular weight is 483 g/mol. The van der Waals surface area contributed by atoms with E-state index in [0.717, 1.165) is 54.5 Å². The van der Waals surface area contributed by atoms with E-state index in [1.807, 2.05) is 42.7 Å². The third-order valence-electron chi connectivity index (χ3n) is 6.69. The number of benzene rings is 1. The number of nitrogens with one attached hydrogen (secondary N) is 1. The zero-order valence-electron chi connectivity index (χ0n) is 18.4. The Labute approximate surface area is 203 Å². The molecule has 2 aliphatic rings. The van der Waals surface area contributed by atoms with Crippen LogP contribution in [-0.2, 0) is 4.74 Å². The molecule has 0 unspecified atom stereocenters. The van der Waals surface area contributed by atoms with Crippen LogP contribution in [0.2, 0.25) is 5.02 Å². The number of nitrogens with zero attached hydrogens (tertiary/aromatic N) is 4. The largest absolute Gasteiger partial charge is 0.376 e. The van der Waals surface area contributed by atoms with Gasteiger partial charge in [-0.2, -0.15) is 0 Å². The number of pyridine rings is 1. The second-order valence-corrected chi connectivity index (χ2v) is 10.1. The lowest BCUT2D eigenvalue weighted by Crippen LogP contribution is -2.50. The van der Waals surface area contributed by atoms with Crippen LogP contribution in [0.1, 0.15) is 19.8 Å². The van der Waals surface area contributed by atoms with Gasteiger partial charge in [0.1, 0.15) is 0 Å². The molecule has 0 radical (unpaired) electrons. The summed E-state index contributed by atoms with van der Waals surface area (Å²) in [4.78, 5) is 16.5. The Hall–Kier alpha value is -2.39. The zero-order chi connectivity index (χ0) is 22.8. The van der Waals surface area contributed by atoms with E-state index in [4.69, 9.17) is 22.1 Å². The topological polar surface area (TPSA) is 89.2 Å². The van der Waals surface area contributed by atoms with Crippen molar-refractivity contribution < 1.29 is 4.74 Å². The number of anilines is 3. The molecule has 2 aliphatic heterocycles. The molecule has 2 saturated heterocycles. The quantitative estimate of drug-likeness (QED) is 0.503. The van der Waals surface area contributed by atoms with Gasteiger partial charge in [-0.3, -0.25) is 4.98 Å². The molecule has 5 rings (SSSR count). The first kappa shape index (κ1) is 22.4. The Morgan fingerprint density at radius 3 is 2.61 bits per heavy atom. The van der Waals surface area contributed by atoms with Crippen LogP contribution in [0.4, 0.5) is 17.1 Å². The Bertz CT molecular complexity index is 1090. The molecule has 9 heteroatoms. The number of rotatable bonds is 5. The van der Waals surface area contributed by atoms with Gasteiger partial charge in [-0.25, -0.2) is 9.97 Å². The molecule has 172 valence electrons. The summed E-state index contributed by atoms with van der Waals surface area (Å²) in [7, 11) is 0.